The van der Waals surface area contributed by atoms with Crippen LogP contribution >= 0.6 is 0 Å². The number of methoxy groups -OCH3 is 1. The molecule has 0 aromatic heterocycles. The van der Waals surface area contributed by atoms with Crippen molar-refractivity contribution < 1.29 is 28.5 Å². The second kappa shape index (κ2) is 13.2. The van der Waals surface area contributed by atoms with E-state index in [2.05, 4.69) is 39.8 Å². The van der Waals surface area contributed by atoms with Crippen LogP contribution < -0.4 is 9.47 Å². The Morgan fingerprint density at radius 3 is 2.13 bits per heavy atom. The Labute approximate surface area is 233 Å². The molecule has 0 fully saturated rings. The summed E-state index contributed by atoms with van der Waals surface area (Å²) in [6, 6.07) is 10.4. The molecule has 212 valence electrons. The number of esters is 2. The van der Waals surface area contributed by atoms with E-state index in [-0.39, 0.29) is 22.8 Å². The molecule has 1 aliphatic rings. The first-order chi connectivity index (χ1) is 18.5. The highest BCUT2D eigenvalue weighted by atomic mass is 16.5. The number of ether oxygens (including phenoxy) is 4. The van der Waals surface area contributed by atoms with Crippen molar-refractivity contribution in [1.82, 2.24) is 0 Å². The number of hydrogen-bond donors (Lipinski definition) is 0. The number of carbonyl (C=O) groups is 2. The van der Waals surface area contributed by atoms with Gasteiger partial charge in [-0.1, -0.05) is 33.8 Å². The number of fused-ring (bicyclic) bond motifs is 1. The molecule has 0 N–H and O–H groups in total. The van der Waals surface area contributed by atoms with Gasteiger partial charge < -0.3 is 18.9 Å². The summed E-state index contributed by atoms with van der Waals surface area (Å²) in [5, 5.41) is 0. The Hall–Kier alpha value is -3.28. The second-order valence-electron chi connectivity index (χ2n) is 11.5. The quantitative estimate of drug-likeness (QED) is 0.160. The number of rotatable bonds is 12. The molecule has 0 aliphatic heterocycles. The molecule has 3 rings (SSSR count). The number of carbonyl (C=O) groups excluding carboxylic acids is 2. The third-order valence-corrected chi connectivity index (χ3v) is 7.52. The number of unbranched alkanes of at least 4 members (excludes halogenated alkanes) is 2. The Kier molecular flexibility index (Phi) is 10.2. The molecular weight excluding hydrogens is 492 g/mol. The van der Waals surface area contributed by atoms with Crippen LogP contribution in [-0.2, 0) is 29.9 Å². The first kappa shape index (κ1) is 30.3. The minimum absolute atomic E-state index is 0.0313. The van der Waals surface area contributed by atoms with Crippen LogP contribution in [0.5, 0.6) is 11.5 Å². The maximum Gasteiger partial charge on any atom is 0.330 e. The highest BCUT2D eigenvalue weighted by Crippen LogP contribution is 2.50. The Morgan fingerprint density at radius 1 is 0.846 bits per heavy atom. The van der Waals surface area contributed by atoms with Crippen molar-refractivity contribution in [3.05, 3.63) is 53.1 Å². The smallest absolute Gasteiger partial charge is 0.330 e. The zero-order valence-corrected chi connectivity index (χ0v) is 24.6. The van der Waals surface area contributed by atoms with Crippen LogP contribution in [0, 0.1) is 0 Å². The van der Waals surface area contributed by atoms with E-state index in [0.717, 1.165) is 60.3 Å². The molecule has 2 aromatic rings. The Balaban J connectivity index is 2.01. The molecule has 0 bridgehead atoms. The van der Waals surface area contributed by atoms with E-state index in [1.807, 2.05) is 18.2 Å². The predicted molar refractivity (Wildman–Crippen MR) is 155 cm³/mol. The molecule has 0 amide bonds. The lowest BCUT2D eigenvalue weighted by atomic mass is 9.62. The van der Waals surface area contributed by atoms with Gasteiger partial charge in [-0.2, -0.15) is 0 Å². The summed E-state index contributed by atoms with van der Waals surface area (Å²) in [5.41, 5.74) is 5.48. The van der Waals surface area contributed by atoms with E-state index in [1.54, 1.807) is 20.1 Å². The topological polar surface area (TPSA) is 71.1 Å². The van der Waals surface area contributed by atoms with E-state index in [1.165, 1.54) is 24.1 Å². The molecule has 39 heavy (non-hydrogen) atoms. The maximum atomic E-state index is 11.9. The van der Waals surface area contributed by atoms with Crippen molar-refractivity contribution in [2.75, 3.05) is 26.9 Å². The molecule has 0 heterocycles. The van der Waals surface area contributed by atoms with Crippen molar-refractivity contribution in [3.63, 3.8) is 0 Å². The van der Waals surface area contributed by atoms with Crippen molar-refractivity contribution in [2.45, 2.75) is 84.5 Å². The van der Waals surface area contributed by atoms with Gasteiger partial charge in [0.05, 0.1) is 26.9 Å². The number of hydrogen-bond acceptors (Lipinski definition) is 6. The van der Waals surface area contributed by atoms with Crippen molar-refractivity contribution in [3.8, 4) is 22.6 Å². The zero-order valence-electron chi connectivity index (χ0n) is 24.6. The van der Waals surface area contributed by atoms with Crippen molar-refractivity contribution >= 4 is 18.0 Å². The summed E-state index contributed by atoms with van der Waals surface area (Å²) in [6.07, 6.45) is 7.99. The third kappa shape index (κ3) is 7.87. The van der Waals surface area contributed by atoms with Gasteiger partial charge in [-0.15, -0.1) is 0 Å². The molecule has 0 spiro atoms. The standard InChI is InChI=1S/C33H44O6/c1-8-37-31(35)15-13-24-12-14-29(36-7)25(20-24)26-21-27-28(33(5,6)17-16-32(27,3)4)22-30(26)39-19-11-9-10-18-38-23(2)34/h12-15,20-22H,8-11,16-19H2,1-7H3/b15-13+. The predicted octanol–water partition coefficient (Wildman–Crippen LogP) is 7.40. The van der Waals surface area contributed by atoms with Gasteiger partial charge in [-0.3, -0.25) is 4.79 Å². The lowest BCUT2D eigenvalue weighted by Gasteiger charge is -2.42. The zero-order chi connectivity index (χ0) is 28.6. The molecule has 0 unspecified atom stereocenters. The summed E-state index contributed by atoms with van der Waals surface area (Å²) in [5.74, 6) is 0.945. The fourth-order valence-electron chi connectivity index (χ4n) is 5.10. The molecule has 1 aliphatic carbocycles. The summed E-state index contributed by atoms with van der Waals surface area (Å²) in [6.45, 7) is 13.8. The van der Waals surface area contributed by atoms with E-state index in [4.69, 9.17) is 18.9 Å². The van der Waals surface area contributed by atoms with Gasteiger partial charge in [-0.25, -0.2) is 4.79 Å². The molecule has 0 saturated heterocycles. The summed E-state index contributed by atoms with van der Waals surface area (Å²) >= 11 is 0. The lowest BCUT2D eigenvalue weighted by Crippen LogP contribution is -2.34. The molecule has 2 aromatic carbocycles. The van der Waals surface area contributed by atoms with Crippen LogP contribution in [0.4, 0.5) is 0 Å². The molecule has 0 radical (unpaired) electrons. The van der Waals surface area contributed by atoms with Crippen molar-refractivity contribution in [1.29, 1.82) is 0 Å². The van der Waals surface area contributed by atoms with Gasteiger partial charge in [0.15, 0.2) is 0 Å². The average molecular weight is 537 g/mol. The average Bonchev–Trinajstić information content (AvgIpc) is 2.89. The van der Waals surface area contributed by atoms with E-state index < -0.39 is 0 Å². The largest absolute Gasteiger partial charge is 0.496 e. The molecule has 6 heteroatoms. The van der Waals surface area contributed by atoms with Gasteiger partial charge in [0.2, 0.25) is 0 Å². The second-order valence-corrected chi connectivity index (χ2v) is 11.5. The lowest BCUT2D eigenvalue weighted by molar-refractivity contribution is -0.141. The first-order valence-electron chi connectivity index (χ1n) is 14.0. The first-order valence-corrected chi connectivity index (χ1v) is 14.0. The van der Waals surface area contributed by atoms with Gasteiger partial charge in [-0.05, 0) is 96.9 Å². The minimum Gasteiger partial charge on any atom is -0.496 e. The van der Waals surface area contributed by atoms with Crippen LogP contribution in [0.3, 0.4) is 0 Å². The maximum absolute atomic E-state index is 11.9. The molecule has 0 atom stereocenters. The van der Waals surface area contributed by atoms with E-state index in [9.17, 15) is 9.59 Å². The van der Waals surface area contributed by atoms with E-state index >= 15 is 0 Å². The summed E-state index contributed by atoms with van der Waals surface area (Å²) in [4.78, 5) is 22.9. The Morgan fingerprint density at radius 2 is 1.49 bits per heavy atom. The third-order valence-electron chi connectivity index (χ3n) is 7.52. The van der Waals surface area contributed by atoms with Crippen LogP contribution in [0.1, 0.15) is 90.3 Å². The normalized spacial score (nSPS) is 15.5. The molecular formula is C33H44O6. The van der Waals surface area contributed by atoms with Crippen LogP contribution in [0.2, 0.25) is 0 Å². The monoisotopic (exact) mass is 536 g/mol. The van der Waals surface area contributed by atoms with E-state index in [0.29, 0.717) is 19.8 Å². The van der Waals surface area contributed by atoms with Gasteiger partial charge >= 0.3 is 11.9 Å². The highest BCUT2D eigenvalue weighted by Gasteiger charge is 2.38. The SMILES string of the molecule is CCOC(=O)/C=C/c1ccc(OC)c(-c2cc3c(cc2OCCCCCOC(C)=O)C(C)(C)CCC3(C)C)c1. The van der Waals surface area contributed by atoms with Crippen LogP contribution in [0.25, 0.3) is 17.2 Å². The fourth-order valence-corrected chi connectivity index (χ4v) is 5.10. The Bertz CT molecular complexity index is 1190. The van der Waals surface area contributed by atoms with Crippen LogP contribution in [0.15, 0.2) is 36.4 Å². The van der Waals surface area contributed by atoms with Gasteiger partial charge in [0, 0.05) is 24.1 Å². The highest BCUT2D eigenvalue weighted by molar-refractivity contribution is 5.88. The molecule has 0 saturated carbocycles. The summed E-state index contributed by atoms with van der Waals surface area (Å²) < 4.78 is 22.3. The van der Waals surface area contributed by atoms with Gasteiger partial charge in [0.1, 0.15) is 11.5 Å². The fraction of sp³-hybridized carbons (Fsp3) is 0.515. The van der Waals surface area contributed by atoms with Gasteiger partial charge in [0.25, 0.3) is 0 Å². The summed E-state index contributed by atoms with van der Waals surface area (Å²) in [7, 11) is 1.67. The minimum atomic E-state index is -0.370. The van der Waals surface area contributed by atoms with Crippen LogP contribution in [-0.4, -0.2) is 38.9 Å². The molecule has 6 nitrogen and oxygen atoms in total. The number of benzene rings is 2. The van der Waals surface area contributed by atoms with Crippen molar-refractivity contribution in [2.24, 2.45) is 0 Å².